The van der Waals surface area contributed by atoms with Crippen molar-refractivity contribution >= 4 is 28.4 Å². The highest BCUT2D eigenvalue weighted by Crippen LogP contribution is 2.59. The first kappa shape index (κ1) is 18.6. The summed E-state index contributed by atoms with van der Waals surface area (Å²) in [5.41, 5.74) is 2.93. The van der Waals surface area contributed by atoms with Crippen molar-refractivity contribution < 1.29 is 9.18 Å². The number of pyridine rings is 1. The van der Waals surface area contributed by atoms with Crippen LogP contribution < -0.4 is 5.32 Å². The lowest BCUT2D eigenvalue weighted by Crippen LogP contribution is -2.31. The zero-order valence-electron chi connectivity index (χ0n) is 16.0. The molecule has 0 radical (unpaired) electrons. The third kappa shape index (κ3) is 3.51. The molecule has 5 rings (SSSR count). The zero-order chi connectivity index (χ0) is 20.0. The van der Waals surface area contributed by atoms with Crippen molar-refractivity contribution in [1.82, 2.24) is 10.3 Å². The summed E-state index contributed by atoms with van der Waals surface area (Å²) in [7, 11) is 0. The Kier molecular flexibility index (Phi) is 4.54. The van der Waals surface area contributed by atoms with E-state index in [1.807, 2.05) is 12.3 Å². The summed E-state index contributed by atoms with van der Waals surface area (Å²) in [5.74, 6) is 0.175. The lowest BCUT2D eigenvalue weighted by atomic mass is 9.75. The van der Waals surface area contributed by atoms with Gasteiger partial charge in [0.2, 0.25) is 0 Å². The number of nitrogens with one attached hydrogen (secondary N) is 1. The molecule has 1 amide bonds. The van der Waals surface area contributed by atoms with E-state index >= 15 is 0 Å². The molecule has 3 aromatic rings. The first-order chi connectivity index (χ1) is 14.0. The maximum absolute atomic E-state index is 13.8. The van der Waals surface area contributed by atoms with E-state index in [2.05, 4.69) is 10.3 Å². The average molecular weight is 409 g/mol. The van der Waals surface area contributed by atoms with E-state index in [1.165, 1.54) is 11.6 Å². The number of hydrogen-bond donors (Lipinski definition) is 1. The van der Waals surface area contributed by atoms with Crippen molar-refractivity contribution in [2.75, 3.05) is 0 Å². The van der Waals surface area contributed by atoms with E-state index in [1.54, 1.807) is 36.4 Å². The van der Waals surface area contributed by atoms with Crippen LogP contribution >= 0.6 is 11.6 Å². The molecule has 148 valence electrons. The minimum atomic E-state index is -0.216. The number of carbonyl (C=O) groups is 1. The smallest absolute Gasteiger partial charge is 0.251 e. The molecule has 2 aliphatic carbocycles. The molecule has 2 aromatic carbocycles. The van der Waals surface area contributed by atoms with Crippen molar-refractivity contribution in [3.05, 3.63) is 76.7 Å². The highest BCUT2D eigenvalue weighted by Gasteiger charge is 2.55. The van der Waals surface area contributed by atoms with E-state index < -0.39 is 0 Å². The van der Waals surface area contributed by atoms with Gasteiger partial charge in [-0.1, -0.05) is 11.6 Å². The van der Waals surface area contributed by atoms with E-state index in [-0.39, 0.29) is 23.2 Å². The van der Waals surface area contributed by atoms with Gasteiger partial charge in [0.25, 0.3) is 5.91 Å². The van der Waals surface area contributed by atoms with Crippen LogP contribution in [0.3, 0.4) is 0 Å². The average Bonchev–Trinajstić information content (AvgIpc) is 3.39. The van der Waals surface area contributed by atoms with Crippen LogP contribution in [0.15, 0.2) is 54.7 Å². The quantitative estimate of drug-likeness (QED) is 0.588. The van der Waals surface area contributed by atoms with Crippen LogP contribution in [0.25, 0.3) is 10.9 Å². The number of nitrogens with zero attached hydrogens (tertiary/aromatic N) is 1. The van der Waals surface area contributed by atoms with Gasteiger partial charge < -0.3 is 5.32 Å². The van der Waals surface area contributed by atoms with Gasteiger partial charge in [-0.2, -0.15) is 0 Å². The van der Waals surface area contributed by atoms with Crippen LogP contribution in [0.2, 0.25) is 5.02 Å². The summed E-state index contributed by atoms with van der Waals surface area (Å²) in [4.78, 5) is 16.9. The molecule has 1 atom stereocenters. The Bertz CT molecular complexity index is 1070. The lowest BCUT2D eigenvalue weighted by molar-refractivity contribution is 0.0941. The Hall–Kier alpha value is -2.46. The predicted molar refractivity (Wildman–Crippen MR) is 113 cm³/mol. The van der Waals surface area contributed by atoms with Gasteiger partial charge in [-0.15, -0.1) is 0 Å². The maximum Gasteiger partial charge on any atom is 0.251 e. The van der Waals surface area contributed by atoms with Gasteiger partial charge in [0.15, 0.2) is 0 Å². The number of hydrogen-bond acceptors (Lipinski definition) is 2. The molecule has 2 saturated carbocycles. The Morgan fingerprint density at radius 1 is 1.10 bits per heavy atom. The molecule has 1 unspecified atom stereocenters. The summed E-state index contributed by atoms with van der Waals surface area (Å²) in [6.45, 7) is 0. The van der Waals surface area contributed by atoms with Crippen LogP contribution in [-0.4, -0.2) is 16.9 Å². The number of aromatic nitrogens is 1. The molecule has 3 nitrogen and oxygen atoms in total. The minimum absolute atomic E-state index is 0.0266. The van der Waals surface area contributed by atoms with Crippen LogP contribution in [0.1, 0.15) is 53.9 Å². The third-order valence-electron chi connectivity index (χ3n) is 6.76. The second-order valence-corrected chi connectivity index (χ2v) is 8.87. The van der Waals surface area contributed by atoms with Gasteiger partial charge in [0, 0.05) is 28.2 Å². The van der Waals surface area contributed by atoms with Crippen LogP contribution in [-0.2, 0) is 0 Å². The van der Waals surface area contributed by atoms with Crippen molar-refractivity contribution in [1.29, 1.82) is 0 Å². The molecule has 1 aromatic heterocycles. The summed E-state index contributed by atoms with van der Waals surface area (Å²) in [6.07, 6.45) is 7.16. The summed E-state index contributed by atoms with van der Waals surface area (Å²) in [5, 5.41) is 4.76. The maximum atomic E-state index is 13.8. The highest BCUT2D eigenvalue weighted by molar-refractivity contribution is 6.30. The van der Waals surface area contributed by atoms with Gasteiger partial charge in [-0.05, 0) is 97.5 Å². The first-order valence-corrected chi connectivity index (χ1v) is 10.5. The number of carbonyl (C=O) groups excluding carboxylic acids is 1. The molecule has 0 bridgehead atoms. The molecule has 2 fully saturated rings. The second kappa shape index (κ2) is 7.10. The number of amides is 1. The lowest BCUT2D eigenvalue weighted by Gasteiger charge is -2.30. The first-order valence-electron chi connectivity index (χ1n) is 10.1. The fraction of sp³-hybridized carbons (Fsp3) is 0.333. The molecule has 1 N–H and O–H groups in total. The number of fused-ring (bicyclic) bond motifs is 1. The summed E-state index contributed by atoms with van der Waals surface area (Å²) < 4.78 is 13.8. The van der Waals surface area contributed by atoms with Gasteiger partial charge >= 0.3 is 0 Å². The Morgan fingerprint density at radius 3 is 2.62 bits per heavy atom. The van der Waals surface area contributed by atoms with Crippen LogP contribution in [0.4, 0.5) is 4.39 Å². The van der Waals surface area contributed by atoms with Gasteiger partial charge in [0.05, 0.1) is 5.52 Å². The van der Waals surface area contributed by atoms with Crippen LogP contribution in [0.5, 0.6) is 0 Å². The Balaban J connectivity index is 1.25. The molecule has 2 aliphatic rings. The standard InChI is InChI=1S/C24H22ClFN2O/c25-17-3-1-16(2-4-17)23(29)28-22-14-24(22)10-7-15(8-11-24)19-9-12-27-21-6-5-18(26)13-20(19)21/h1-6,9,12-13,15,22H,7-8,10-11,14H2,(H,28,29). The van der Waals surface area contributed by atoms with Crippen LogP contribution in [0, 0.1) is 11.2 Å². The normalized spacial score (nSPS) is 25.9. The third-order valence-corrected chi connectivity index (χ3v) is 7.01. The molecule has 1 spiro atoms. The summed E-state index contributed by atoms with van der Waals surface area (Å²) in [6, 6.07) is 14.1. The van der Waals surface area contributed by atoms with E-state index in [0.29, 0.717) is 16.5 Å². The van der Waals surface area contributed by atoms with E-state index in [9.17, 15) is 9.18 Å². The predicted octanol–water partition coefficient (Wildman–Crippen LogP) is 5.87. The molecule has 0 saturated heterocycles. The second-order valence-electron chi connectivity index (χ2n) is 8.44. The molecular formula is C24H22ClFN2O. The van der Waals surface area contributed by atoms with Crippen molar-refractivity contribution in [3.63, 3.8) is 0 Å². The van der Waals surface area contributed by atoms with Gasteiger partial charge in [-0.25, -0.2) is 4.39 Å². The van der Waals surface area contributed by atoms with Gasteiger partial charge in [0.1, 0.15) is 5.82 Å². The van der Waals surface area contributed by atoms with Gasteiger partial charge in [-0.3, -0.25) is 9.78 Å². The van der Waals surface area contributed by atoms with Crippen molar-refractivity contribution in [2.45, 2.75) is 44.1 Å². The number of rotatable bonds is 3. The fourth-order valence-corrected chi connectivity index (χ4v) is 5.07. The Morgan fingerprint density at radius 2 is 1.86 bits per heavy atom. The molecule has 0 aliphatic heterocycles. The largest absolute Gasteiger partial charge is 0.349 e. The molecule has 29 heavy (non-hydrogen) atoms. The topological polar surface area (TPSA) is 42.0 Å². The van der Waals surface area contributed by atoms with E-state index in [0.717, 1.165) is 43.0 Å². The molecule has 1 heterocycles. The minimum Gasteiger partial charge on any atom is -0.349 e. The van der Waals surface area contributed by atoms with E-state index in [4.69, 9.17) is 11.6 Å². The number of benzene rings is 2. The van der Waals surface area contributed by atoms with Crippen molar-refractivity contribution in [2.24, 2.45) is 5.41 Å². The molecular weight excluding hydrogens is 387 g/mol. The van der Waals surface area contributed by atoms with Crippen molar-refractivity contribution in [3.8, 4) is 0 Å². The number of halogens is 2. The molecule has 5 heteroatoms. The highest BCUT2D eigenvalue weighted by atomic mass is 35.5. The SMILES string of the molecule is O=C(NC1CC12CCC(c1ccnc3ccc(F)cc13)CC2)c1ccc(Cl)cc1. The zero-order valence-corrected chi connectivity index (χ0v) is 16.8. The summed E-state index contributed by atoms with van der Waals surface area (Å²) >= 11 is 5.90. The monoisotopic (exact) mass is 408 g/mol. The Labute approximate surface area is 174 Å². The fourth-order valence-electron chi connectivity index (χ4n) is 4.95.